The highest BCUT2D eigenvalue weighted by molar-refractivity contribution is 5.74. The van der Waals surface area contributed by atoms with E-state index in [-0.39, 0.29) is 18.7 Å². The van der Waals surface area contributed by atoms with Gasteiger partial charge in [0.15, 0.2) is 0 Å². The highest BCUT2D eigenvalue weighted by Gasteiger charge is 2.11. The van der Waals surface area contributed by atoms with Crippen molar-refractivity contribution in [2.75, 3.05) is 6.61 Å². The third kappa shape index (κ3) is 4.23. The van der Waals surface area contributed by atoms with Gasteiger partial charge in [-0.15, -0.1) is 0 Å². The molecular weight excluding hydrogens is 252 g/mol. The Balaban J connectivity index is 1.76. The second-order valence-electron chi connectivity index (χ2n) is 5.55. The van der Waals surface area contributed by atoms with Crippen LogP contribution in [0.25, 0.3) is 0 Å². The summed E-state index contributed by atoms with van der Waals surface area (Å²) in [5.41, 5.74) is 4.04. The van der Waals surface area contributed by atoms with Gasteiger partial charge in [0.1, 0.15) is 0 Å². The number of aryl methyl sites for hydroxylation is 2. The number of hydrogen-bond acceptors (Lipinski definition) is 2. The Morgan fingerprint density at radius 2 is 2.15 bits per heavy atom. The summed E-state index contributed by atoms with van der Waals surface area (Å²) in [6.45, 7) is 2.68. The van der Waals surface area contributed by atoms with E-state index in [1.54, 1.807) is 0 Å². The molecule has 1 aromatic carbocycles. The summed E-state index contributed by atoms with van der Waals surface area (Å²) in [6, 6.07) is 6.43. The molecule has 1 aliphatic carbocycles. The summed E-state index contributed by atoms with van der Waals surface area (Å²) >= 11 is 0. The first kappa shape index (κ1) is 14.9. The zero-order chi connectivity index (χ0) is 14.4. The lowest BCUT2D eigenvalue weighted by Gasteiger charge is -2.14. The first-order valence-electron chi connectivity index (χ1n) is 7.45. The van der Waals surface area contributed by atoms with E-state index in [9.17, 15) is 4.79 Å². The van der Waals surface area contributed by atoms with Gasteiger partial charge >= 0.3 is 6.03 Å². The molecule has 0 heterocycles. The number of aliphatic hydroxyl groups is 1. The molecule has 2 rings (SSSR count). The summed E-state index contributed by atoms with van der Waals surface area (Å²) in [6.07, 6.45) is 5.10. The lowest BCUT2D eigenvalue weighted by molar-refractivity contribution is 0.234. The van der Waals surface area contributed by atoms with Crippen molar-refractivity contribution in [3.63, 3.8) is 0 Å². The Bertz CT molecular complexity index is 460. The lowest BCUT2D eigenvalue weighted by Crippen LogP contribution is -2.40. The van der Waals surface area contributed by atoms with Crippen molar-refractivity contribution in [3.05, 3.63) is 34.9 Å². The number of amides is 2. The van der Waals surface area contributed by atoms with Gasteiger partial charge in [0.2, 0.25) is 0 Å². The Kier molecular flexibility index (Phi) is 5.41. The van der Waals surface area contributed by atoms with Crippen LogP contribution >= 0.6 is 0 Å². The average Bonchev–Trinajstić information content (AvgIpc) is 2.90. The second kappa shape index (κ2) is 7.29. The van der Waals surface area contributed by atoms with Crippen molar-refractivity contribution in [2.24, 2.45) is 0 Å². The molecule has 2 amide bonds. The fourth-order valence-corrected chi connectivity index (χ4v) is 2.66. The van der Waals surface area contributed by atoms with Gasteiger partial charge in [-0.3, -0.25) is 0 Å². The molecule has 3 N–H and O–H groups in total. The van der Waals surface area contributed by atoms with Crippen molar-refractivity contribution in [1.29, 1.82) is 0 Å². The van der Waals surface area contributed by atoms with E-state index in [1.807, 2.05) is 6.92 Å². The minimum absolute atomic E-state index is 0.0853. The molecule has 4 heteroatoms. The molecule has 1 aliphatic rings. The fraction of sp³-hybridized carbons (Fsp3) is 0.562. The Morgan fingerprint density at radius 1 is 1.35 bits per heavy atom. The molecule has 20 heavy (non-hydrogen) atoms. The summed E-state index contributed by atoms with van der Waals surface area (Å²) in [7, 11) is 0. The number of carbonyl (C=O) groups excluding carboxylic acids is 1. The standard InChI is InChI=1S/C16H24N2O2/c1-12(4-3-9-19)18-16(20)17-11-13-7-8-14-5-2-6-15(14)10-13/h7-8,10,12,19H,2-6,9,11H2,1H3,(H2,17,18,20). The number of fused-ring (bicyclic) bond motifs is 1. The predicted octanol–water partition coefficient (Wildman–Crippen LogP) is 2.14. The molecule has 4 nitrogen and oxygen atoms in total. The van der Waals surface area contributed by atoms with Gasteiger partial charge in [-0.05, 0) is 55.7 Å². The molecule has 0 saturated carbocycles. The van der Waals surface area contributed by atoms with Gasteiger partial charge in [0.05, 0.1) is 0 Å². The van der Waals surface area contributed by atoms with Gasteiger partial charge in [-0.25, -0.2) is 4.79 Å². The van der Waals surface area contributed by atoms with Gasteiger partial charge in [0.25, 0.3) is 0 Å². The zero-order valence-corrected chi connectivity index (χ0v) is 12.1. The van der Waals surface area contributed by atoms with Crippen molar-refractivity contribution in [1.82, 2.24) is 10.6 Å². The Morgan fingerprint density at radius 3 is 2.95 bits per heavy atom. The van der Waals surface area contributed by atoms with E-state index >= 15 is 0 Å². The van der Waals surface area contributed by atoms with E-state index in [0.29, 0.717) is 13.0 Å². The molecule has 0 fully saturated rings. The van der Waals surface area contributed by atoms with Crippen LogP contribution in [0.5, 0.6) is 0 Å². The smallest absolute Gasteiger partial charge is 0.315 e. The second-order valence-corrected chi connectivity index (χ2v) is 5.55. The summed E-state index contributed by atoms with van der Waals surface area (Å²) in [5, 5.41) is 14.5. The Hall–Kier alpha value is -1.55. The number of benzene rings is 1. The first-order chi connectivity index (χ1) is 9.69. The van der Waals surface area contributed by atoms with E-state index in [0.717, 1.165) is 18.4 Å². The highest BCUT2D eigenvalue weighted by atomic mass is 16.3. The minimum atomic E-state index is -0.143. The maximum atomic E-state index is 11.7. The maximum Gasteiger partial charge on any atom is 0.315 e. The van der Waals surface area contributed by atoms with Crippen LogP contribution in [0.1, 0.15) is 42.9 Å². The van der Waals surface area contributed by atoms with Crippen LogP contribution in [0.4, 0.5) is 4.79 Å². The molecule has 0 aliphatic heterocycles. The number of rotatable bonds is 6. The third-order valence-electron chi connectivity index (χ3n) is 3.79. The quantitative estimate of drug-likeness (QED) is 0.745. The summed E-state index contributed by atoms with van der Waals surface area (Å²) < 4.78 is 0. The van der Waals surface area contributed by atoms with Crippen molar-refractivity contribution >= 4 is 6.03 Å². The molecule has 0 spiro atoms. The molecule has 1 atom stereocenters. The largest absolute Gasteiger partial charge is 0.396 e. The van der Waals surface area contributed by atoms with E-state index < -0.39 is 0 Å². The fourth-order valence-electron chi connectivity index (χ4n) is 2.66. The van der Waals surface area contributed by atoms with Crippen LogP contribution in [0, 0.1) is 0 Å². The van der Waals surface area contributed by atoms with Crippen molar-refractivity contribution < 1.29 is 9.90 Å². The van der Waals surface area contributed by atoms with Crippen LogP contribution in [-0.2, 0) is 19.4 Å². The van der Waals surface area contributed by atoms with Gasteiger partial charge < -0.3 is 15.7 Å². The monoisotopic (exact) mass is 276 g/mol. The highest BCUT2D eigenvalue weighted by Crippen LogP contribution is 2.22. The molecule has 0 aromatic heterocycles. The first-order valence-corrected chi connectivity index (χ1v) is 7.45. The summed E-state index contributed by atoms with van der Waals surface area (Å²) in [5.74, 6) is 0. The predicted molar refractivity (Wildman–Crippen MR) is 79.6 cm³/mol. The van der Waals surface area contributed by atoms with Crippen LogP contribution in [0.3, 0.4) is 0 Å². The normalized spacial score (nSPS) is 14.7. The van der Waals surface area contributed by atoms with Crippen molar-refractivity contribution in [3.8, 4) is 0 Å². The number of carbonyl (C=O) groups is 1. The zero-order valence-electron chi connectivity index (χ0n) is 12.1. The lowest BCUT2D eigenvalue weighted by atomic mass is 10.1. The number of hydrogen-bond donors (Lipinski definition) is 3. The summed E-state index contributed by atoms with van der Waals surface area (Å²) in [4.78, 5) is 11.7. The number of aliphatic hydroxyl groups excluding tert-OH is 1. The molecule has 110 valence electrons. The van der Waals surface area contributed by atoms with E-state index in [1.165, 1.54) is 24.0 Å². The van der Waals surface area contributed by atoms with Crippen LogP contribution in [-0.4, -0.2) is 23.8 Å². The SMILES string of the molecule is CC(CCCO)NC(=O)NCc1ccc2c(c1)CCC2. The van der Waals surface area contributed by atoms with Crippen LogP contribution in [0.2, 0.25) is 0 Å². The maximum absolute atomic E-state index is 11.7. The average molecular weight is 276 g/mol. The van der Waals surface area contributed by atoms with Gasteiger partial charge in [-0.2, -0.15) is 0 Å². The third-order valence-corrected chi connectivity index (χ3v) is 3.79. The Labute approximate surface area is 120 Å². The minimum Gasteiger partial charge on any atom is -0.396 e. The van der Waals surface area contributed by atoms with E-state index in [2.05, 4.69) is 28.8 Å². The molecular formula is C16H24N2O2. The van der Waals surface area contributed by atoms with Gasteiger partial charge in [-0.1, -0.05) is 18.2 Å². The number of urea groups is 1. The van der Waals surface area contributed by atoms with E-state index in [4.69, 9.17) is 5.11 Å². The van der Waals surface area contributed by atoms with Crippen LogP contribution in [0.15, 0.2) is 18.2 Å². The molecule has 1 aromatic rings. The molecule has 0 radical (unpaired) electrons. The molecule has 0 bridgehead atoms. The molecule has 0 saturated heterocycles. The van der Waals surface area contributed by atoms with Gasteiger partial charge in [0, 0.05) is 19.2 Å². The number of nitrogens with one attached hydrogen (secondary N) is 2. The topological polar surface area (TPSA) is 61.4 Å². The van der Waals surface area contributed by atoms with Crippen molar-refractivity contribution in [2.45, 2.75) is 51.6 Å². The molecule has 1 unspecified atom stereocenters. The van der Waals surface area contributed by atoms with Crippen LogP contribution < -0.4 is 10.6 Å².